The first-order chi connectivity index (χ1) is 15.3. The van der Waals surface area contributed by atoms with E-state index in [-0.39, 0.29) is 0 Å². The second kappa shape index (κ2) is 9.46. The third kappa shape index (κ3) is 4.51. The van der Waals surface area contributed by atoms with Crippen molar-refractivity contribution in [3.8, 4) is 0 Å². The summed E-state index contributed by atoms with van der Waals surface area (Å²) in [5.74, 6) is 2.41. The van der Waals surface area contributed by atoms with Crippen molar-refractivity contribution < 1.29 is 9.47 Å². The van der Waals surface area contributed by atoms with Crippen molar-refractivity contribution >= 4 is 34.9 Å². The number of halogens is 1. The minimum absolute atomic E-state index is 0.635. The average Bonchev–Trinajstić information content (AvgIpc) is 2.86. The lowest BCUT2D eigenvalue weighted by Gasteiger charge is -2.38. The first-order valence-corrected chi connectivity index (χ1v) is 11.5. The van der Waals surface area contributed by atoms with Crippen LogP contribution in [0.5, 0.6) is 0 Å². The number of para-hydroxylation sites is 1. The van der Waals surface area contributed by atoms with Crippen molar-refractivity contribution in [2.45, 2.75) is 0 Å². The molecular weight excluding hydrogens is 416 g/mol. The molecule has 0 saturated carbocycles. The minimum Gasteiger partial charge on any atom is -0.378 e. The number of nitrogens with zero attached hydrogens (tertiary/aromatic N) is 6. The number of hydrogen-bond acceptors (Lipinski definition) is 8. The summed E-state index contributed by atoms with van der Waals surface area (Å²) in [4.78, 5) is 19.0. The van der Waals surface area contributed by atoms with Gasteiger partial charge in [0.25, 0.3) is 0 Å². The number of anilines is 4. The monoisotopic (exact) mass is 444 g/mol. The summed E-state index contributed by atoms with van der Waals surface area (Å²) in [5, 5.41) is 0.635. The predicted octanol–water partition coefficient (Wildman–Crippen LogP) is 2.13. The Kier molecular flexibility index (Phi) is 6.29. The Hall–Kier alpha value is -2.29. The molecule has 3 aliphatic heterocycles. The van der Waals surface area contributed by atoms with E-state index in [9.17, 15) is 0 Å². The molecule has 4 heterocycles. The largest absolute Gasteiger partial charge is 0.378 e. The van der Waals surface area contributed by atoms with Crippen LogP contribution >= 0.6 is 11.6 Å². The topological polar surface area (TPSA) is 57.2 Å². The molecule has 9 heteroatoms. The lowest BCUT2D eigenvalue weighted by atomic mass is 10.2. The van der Waals surface area contributed by atoms with E-state index in [0.717, 1.165) is 69.9 Å². The zero-order chi connectivity index (χ0) is 21.0. The van der Waals surface area contributed by atoms with Gasteiger partial charge in [-0.1, -0.05) is 29.8 Å². The smallest absolute Gasteiger partial charge is 0.229 e. The van der Waals surface area contributed by atoms with Crippen LogP contribution in [0.4, 0.5) is 23.3 Å². The fourth-order valence-corrected chi connectivity index (χ4v) is 4.65. The molecule has 31 heavy (non-hydrogen) atoms. The van der Waals surface area contributed by atoms with Crippen LogP contribution in [0.1, 0.15) is 0 Å². The van der Waals surface area contributed by atoms with E-state index in [1.165, 1.54) is 5.69 Å². The van der Waals surface area contributed by atoms with Crippen LogP contribution in [0.25, 0.3) is 0 Å². The van der Waals surface area contributed by atoms with Gasteiger partial charge in [0, 0.05) is 58.0 Å². The molecule has 0 bridgehead atoms. The number of ether oxygens (including phenoxy) is 2. The lowest BCUT2D eigenvalue weighted by Crippen LogP contribution is -2.47. The maximum atomic E-state index is 6.87. The molecule has 0 spiro atoms. The molecule has 3 fully saturated rings. The Balaban J connectivity index is 1.41. The molecule has 0 N–H and O–H groups in total. The standard InChI is InChI=1S/C22H29ClN6O2/c23-19-20(27-10-14-30-15-11-27)24-22(25-21(19)28-12-16-31-17-13-28)29-8-6-26(7-9-29)18-4-2-1-3-5-18/h1-5H,6-17H2. The van der Waals surface area contributed by atoms with Crippen molar-refractivity contribution in [1.29, 1.82) is 0 Å². The van der Waals surface area contributed by atoms with Gasteiger partial charge in [0.15, 0.2) is 11.6 Å². The molecule has 3 saturated heterocycles. The Morgan fingerprint density at radius 1 is 0.613 bits per heavy atom. The highest BCUT2D eigenvalue weighted by Gasteiger charge is 2.27. The van der Waals surface area contributed by atoms with Gasteiger partial charge in [0.2, 0.25) is 5.95 Å². The van der Waals surface area contributed by atoms with E-state index >= 15 is 0 Å². The van der Waals surface area contributed by atoms with Gasteiger partial charge in [-0.3, -0.25) is 0 Å². The lowest BCUT2D eigenvalue weighted by molar-refractivity contribution is 0.122. The Morgan fingerprint density at radius 3 is 1.61 bits per heavy atom. The molecule has 0 amide bonds. The van der Waals surface area contributed by atoms with E-state index in [0.29, 0.717) is 31.5 Å². The first-order valence-electron chi connectivity index (χ1n) is 11.1. The summed E-state index contributed by atoms with van der Waals surface area (Å²) in [6, 6.07) is 10.6. The van der Waals surface area contributed by atoms with Crippen LogP contribution in [0, 0.1) is 0 Å². The highest BCUT2D eigenvalue weighted by Crippen LogP contribution is 2.35. The minimum atomic E-state index is 0.635. The molecule has 2 aromatic rings. The van der Waals surface area contributed by atoms with Gasteiger partial charge in [-0.05, 0) is 12.1 Å². The molecular formula is C22H29ClN6O2. The zero-order valence-corrected chi connectivity index (χ0v) is 18.5. The van der Waals surface area contributed by atoms with Gasteiger partial charge < -0.3 is 29.1 Å². The molecule has 8 nitrogen and oxygen atoms in total. The van der Waals surface area contributed by atoms with E-state index in [2.05, 4.69) is 49.9 Å². The molecule has 166 valence electrons. The molecule has 0 atom stereocenters. The third-order valence-electron chi connectivity index (χ3n) is 6.11. The summed E-state index contributed by atoms with van der Waals surface area (Å²) < 4.78 is 11.1. The van der Waals surface area contributed by atoms with E-state index in [1.807, 2.05) is 0 Å². The average molecular weight is 445 g/mol. The van der Waals surface area contributed by atoms with Crippen LogP contribution < -0.4 is 19.6 Å². The molecule has 1 aromatic heterocycles. The summed E-state index contributed by atoms with van der Waals surface area (Å²) in [6.45, 7) is 9.57. The fourth-order valence-electron chi connectivity index (χ4n) is 4.33. The van der Waals surface area contributed by atoms with Crippen molar-refractivity contribution in [1.82, 2.24) is 9.97 Å². The van der Waals surface area contributed by atoms with Crippen molar-refractivity contribution in [2.75, 3.05) is 98.4 Å². The molecule has 1 aromatic carbocycles. The number of benzene rings is 1. The van der Waals surface area contributed by atoms with Gasteiger partial charge >= 0.3 is 0 Å². The van der Waals surface area contributed by atoms with Gasteiger partial charge in [-0.25, -0.2) is 0 Å². The number of hydrogen-bond donors (Lipinski definition) is 0. The molecule has 0 unspecified atom stereocenters. The van der Waals surface area contributed by atoms with Gasteiger partial charge in [-0.15, -0.1) is 0 Å². The summed E-state index contributed by atoms with van der Waals surface area (Å²) in [6.07, 6.45) is 0. The van der Waals surface area contributed by atoms with Crippen LogP contribution in [-0.4, -0.2) is 88.8 Å². The zero-order valence-electron chi connectivity index (χ0n) is 17.7. The quantitative estimate of drug-likeness (QED) is 0.711. The summed E-state index contributed by atoms with van der Waals surface area (Å²) >= 11 is 6.87. The first kappa shape index (κ1) is 20.6. The molecule has 5 rings (SSSR count). The third-order valence-corrected chi connectivity index (χ3v) is 6.45. The highest BCUT2D eigenvalue weighted by atomic mass is 35.5. The Morgan fingerprint density at radius 2 is 1.10 bits per heavy atom. The second-order valence-corrected chi connectivity index (χ2v) is 8.37. The number of rotatable bonds is 4. The molecule has 0 radical (unpaired) electrons. The second-order valence-electron chi connectivity index (χ2n) is 7.99. The van der Waals surface area contributed by atoms with Crippen LogP contribution in [0.15, 0.2) is 30.3 Å². The van der Waals surface area contributed by atoms with Crippen LogP contribution in [-0.2, 0) is 9.47 Å². The van der Waals surface area contributed by atoms with Crippen LogP contribution in [0.3, 0.4) is 0 Å². The van der Waals surface area contributed by atoms with E-state index < -0.39 is 0 Å². The van der Waals surface area contributed by atoms with E-state index in [1.54, 1.807) is 0 Å². The summed E-state index contributed by atoms with van der Waals surface area (Å²) in [5.41, 5.74) is 1.27. The SMILES string of the molecule is Clc1c(N2CCOCC2)nc(N2CCN(c3ccccc3)CC2)nc1N1CCOCC1. The van der Waals surface area contributed by atoms with Crippen molar-refractivity contribution in [2.24, 2.45) is 0 Å². The Labute approximate surface area is 188 Å². The van der Waals surface area contributed by atoms with Gasteiger partial charge in [0.1, 0.15) is 5.02 Å². The van der Waals surface area contributed by atoms with Gasteiger partial charge in [0.05, 0.1) is 26.4 Å². The van der Waals surface area contributed by atoms with Crippen LogP contribution in [0.2, 0.25) is 5.02 Å². The fraction of sp³-hybridized carbons (Fsp3) is 0.545. The number of morpholine rings is 2. The highest BCUT2D eigenvalue weighted by molar-refractivity contribution is 6.35. The van der Waals surface area contributed by atoms with E-state index in [4.69, 9.17) is 31.0 Å². The number of piperazine rings is 1. The van der Waals surface area contributed by atoms with Crippen molar-refractivity contribution in [3.63, 3.8) is 0 Å². The van der Waals surface area contributed by atoms with Crippen molar-refractivity contribution in [3.05, 3.63) is 35.4 Å². The predicted molar refractivity (Wildman–Crippen MR) is 124 cm³/mol. The summed E-state index contributed by atoms with van der Waals surface area (Å²) in [7, 11) is 0. The maximum Gasteiger partial charge on any atom is 0.229 e. The Bertz CT molecular complexity index is 827. The van der Waals surface area contributed by atoms with Gasteiger partial charge in [-0.2, -0.15) is 9.97 Å². The normalized spacial score (nSPS) is 20.3. The molecule has 0 aliphatic carbocycles. The maximum absolute atomic E-state index is 6.87. The molecule has 3 aliphatic rings. The number of aromatic nitrogens is 2.